The van der Waals surface area contributed by atoms with E-state index >= 15 is 0 Å². The van der Waals surface area contributed by atoms with E-state index < -0.39 is 0 Å². The molecule has 0 aromatic rings. The zero-order valence-corrected chi connectivity index (χ0v) is 9.74. The molecule has 2 heteroatoms. The van der Waals surface area contributed by atoms with Gasteiger partial charge in [-0.3, -0.25) is 4.90 Å². The summed E-state index contributed by atoms with van der Waals surface area (Å²) in [6, 6.07) is 0. The average Bonchev–Trinajstić information content (AvgIpc) is 2.30. The lowest BCUT2D eigenvalue weighted by molar-refractivity contribution is 0.121. The van der Waals surface area contributed by atoms with E-state index in [9.17, 15) is 0 Å². The normalized spacial score (nSPS) is 27.0. The highest BCUT2D eigenvalue weighted by Crippen LogP contribution is 2.34. The van der Waals surface area contributed by atoms with Crippen LogP contribution in [-0.4, -0.2) is 28.1 Å². The molecule has 1 unspecified atom stereocenters. The van der Waals surface area contributed by atoms with Crippen molar-refractivity contribution in [1.29, 1.82) is 0 Å². The Hall–Kier alpha value is 0.310. The molecular formula is C10H21NS. The summed E-state index contributed by atoms with van der Waals surface area (Å²) in [6.07, 6.45) is 0. The molecule has 1 aliphatic heterocycles. The Morgan fingerprint density at radius 3 is 2.25 bits per heavy atom. The van der Waals surface area contributed by atoms with Gasteiger partial charge in [-0.05, 0) is 26.7 Å². The third-order valence-corrected chi connectivity index (χ3v) is 3.92. The number of rotatable bonds is 1. The first kappa shape index (κ1) is 10.4. The molecule has 0 bridgehead atoms. The molecule has 1 fully saturated rings. The summed E-state index contributed by atoms with van der Waals surface area (Å²) in [5, 5.41) is 0.741. The van der Waals surface area contributed by atoms with E-state index in [1.165, 1.54) is 12.3 Å². The van der Waals surface area contributed by atoms with Gasteiger partial charge in [0, 0.05) is 17.8 Å². The zero-order chi connectivity index (χ0) is 9.35. The molecule has 0 radical (unpaired) electrons. The first-order valence-electron chi connectivity index (χ1n) is 4.81. The van der Waals surface area contributed by atoms with E-state index in [1.807, 2.05) is 0 Å². The van der Waals surface area contributed by atoms with Crippen LogP contribution in [0.4, 0.5) is 0 Å². The first-order chi connectivity index (χ1) is 5.43. The maximum atomic E-state index is 2.63. The minimum atomic E-state index is 0.346. The summed E-state index contributed by atoms with van der Waals surface area (Å²) in [5.41, 5.74) is 0.346. The van der Waals surface area contributed by atoms with Gasteiger partial charge >= 0.3 is 0 Å². The predicted molar refractivity (Wildman–Crippen MR) is 57.5 cm³/mol. The van der Waals surface area contributed by atoms with Crippen LogP contribution >= 0.6 is 11.8 Å². The lowest BCUT2D eigenvalue weighted by Crippen LogP contribution is -2.45. The van der Waals surface area contributed by atoms with Crippen molar-refractivity contribution in [2.24, 2.45) is 5.92 Å². The highest BCUT2D eigenvalue weighted by Gasteiger charge is 2.34. The van der Waals surface area contributed by atoms with Crippen LogP contribution in [0.1, 0.15) is 34.6 Å². The molecule has 1 heterocycles. The largest absolute Gasteiger partial charge is 0.286 e. The first-order valence-corrected chi connectivity index (χ1v) is 5.86. The third-order valence-electron chi connectivity index (χ3n) is 2.36. The predicted octanol–water partition coefficient (Wildman–Crippen LogP) is 2.82. The van der Waals surface area contributed by atoms with Crippen molar-refractivity contribution in [3.63, 3.8) is 0 Å². The van der Waals surface area contributed by atoms with Gasteiger partial charge in [0.05, 0.1) is 5.37 Å². The van der Waals surface area contributed by atoms with Crippen molar-refractivity contribution in [2.45, 2.75) is 45.5 Å². The third kappa shape index (κ3) is 2.17. The van der Waals surface area contributed by atoms with Gasteiger partial charge in [0.15, 0.2) is 0 Å². The van der Waals surface area contributed by atoms with Gasteiger partial charge in [-0.25, -0.2) is 0 Å². The van der Waals surface area contributed by atoms with E-state index in [2.05, 4.69) is 51.3 Å². The molecule has 0 aliphatic carbocycles. The maximum absolute atomic E-state index is 2.63. The second kappa shape index (κ2) is 3.59. The van der Waals surface area contributed by atoms with Gasteiger partial charge in [0.2, 0.25) is 0 Å². The summed E-state index contributed by atoms with van der Waals surface area (Å²) in [6.45, 7) is 12.8. The standard InChI is InChI=1S/C10H21NS/c1-8(2)9-11(6-7-12-9)10(3,4)5/h8-9H,6-7H2,1-5H3. The monoisotopic (exact) mass is 187 g/mol. The summed E-state index contributed by atoms with van der Waals surface area (Å²) in [5.74, 6) is 2.08. The van der Waals surface area contributed by atoms with Gasteiger partial charge in [-0.15, -0.1) is 11.8 Å². The fraction of sp³-hybridized carbons (Fsp3) is 1.00. The summed E-state index contributed by atoms with van der Waals surface area (Å²) < 4.78 is 0. The van der Waals surface area contributed by atoms with Crippen LogP contribution in [0, 0.1) is 5.92 Å². The van der Waals surface area contributed by atoms with Crippen LogP contribution in [-0.2, 0) is 0 Å². The summed E-state index contributed by atoms with van der Waals surface area (Å²) in [4.78, 5) is 2.63. The molecule has 0 saturated carbocycles. The molecule has 1 aliphatic rings. The molecule has 0 spiro atoms. The Balaban J connectivity index is 2.64. The van der Waals surface area contributed by atoms with E-state index in [0.717, 1.165) is 11.3 Å². The Morgan fingerprint density at radius 1 is 1.33 bits per heavy atom. The van der Waals surface area contributed by atoms with Gasteiger partial charge < -0.3 is 0 Å². The molecule has 0 aromatic carbocycles. The van der Waals surface area contributed by atoms with Crippen molar-refractivity contribution in [3.8, 4) is 0 Å². The number of nitrogens with zero attached hydrogens (tertiary/aromatic N) is 1. The highest BCUT2D eigenvalue weighted by molar-refractivity contribution is 8.00. The van der Waals surface area contributed by atoms with Crippen molar-refractivity contribution in [1.82, 2.24) is 4.90 Å². The Bertz CT molecular complexity index is 148. The van der Waals surface area contributed by atoms with E-state index in [4.69, 9.17) is 0 Å². The topological polar surface area (TPSA) is 3.24 Å². The van der Waals surface area contributed by atoms with E-state index in [1.54, 1.807) is 0 Å². The summed E-state index contributed by atoms with van der Waals surface area (Å²) >= 11 is 2.11. The Labute approximate surface area is 80.9 Å². The lowest BCUT2D eigenvalue weighted by Gasteiger charge is -2.37. The highest BCUT2D eigenvalue weighted by atomic mass is 32.2. The Morgan fingerprint density at radius 2 is 1.92 bits per heavy atom. The smallest absolute Gasteiger partial charge is 0.0585 e. The molecule has 0 N–H and O–H groups in total. The molecule has 1 saturated heterocycles. The van der Waals surface area contributed by atoms with Crippen LogP contribution in [0.15, 0.2) is 0 Å². The molecule has 12 heavy (non-hydrogen) atoms. The van der Waals surface area contributed by atoms with Crippen molar-refractivity contribution >= 4 is 11.8 Å². The van der Waals surface area contributed by atoms with Crippen LogP contribution < -0.4 is 0 Å². The van der Waals surface area contributed by atoms with Gasteiger partial charge in [0.25, 0.3) is 0 Å². The number of hydrogen-bond acceptors (Lipinski definition) is 2. The van der Waals surface area contributed by atoms with Crippen LogP contribution in [0.5, 0.6) is 0 Å². The zero-order valence-electron chi connectivity index (χ0n) is 8.92. The minimum absolute atomic E-state index is 0.346. The molecule has 1 nitrogen and oxygen atoms in total. The molecule has 0 amide bonds. The molecule has 1 atom stereocenters. The van der Waals surface area contributed by atoms with Crippen LogP contribution in [0.2, 0.25) is 0 Å². The second-order valence-electron chi connectivity index (χ2n) is 4.87. The van der Waals surface area contributed by atoms with Gasteiger partial charge in [-0.2, -0.15) is 0 Å². The number of hydrogen-bond donors (Lipinski definition) is 0. The summed E-state index contributed by atoms with van der Waals surface area (Å²) in [7, 11) is 0. The fourth-order valence-electron chi connectivity index (χ4n) is 1.76. The van der Waals surface area contributed by atoms with Gasteiger partial charge in [-0.1, -0.05) is 13.8 Å². The maximum Gasteiger partial charge on any atom is 0.0585 e. The number of thioether (sulfide) groups is 1. The lowest BCUT2D eigenvalue weighted by atomic mass is 10.0. The fourth-order valence-corrected chi connectivity index (χ4v) is 3.29. The molecular weight excluding hydrogens is 166 g/mol. The van der Waals surface area contributed by atoms with Crippen LogP contribution in [0.3, 0.4) is 0 Å². The molecule has 72 valence electrons. The average molecular weight is 187 g/mol. The minimum Gasteiger partial charge on any atom is -0.286 e. The van der Waals surface area contributed by atoms with Crippen molar-refractivity contribution in [3.05, 3.63) is 0 Å². The SMILES string of the molecule is CC(C)C1SCCN1C(C)(C)C. The van der Waals surface area contributed by atoms with Crippen LogP contribution in [0.25, 0.3) is 0 Å². The molecule has 1 rings (SSSR count). The second-order valence-corrected chi connectivity index (χ2v) is 6.09. The molecule has 0 aromatic heterocycles. The van der Waals surface area contributed by atoms with Gasteiger partial charge in [0.1, 0.15) is 0 Å². The van der Waals surface area contributed by atoms with Crippen molar-refractivity contribution < 1.29 is 0 Å². The quantitative estimate of drug-likeness (QED) is 0.621. The van der Waals surface area contributed by atoms with E-state index in [0.29, 0.717) is 5.54 Å². The van der Waals surface area contributed by atoms with Crippen molar-refractivity contribution in [2.75, 3.05) is 12.3 Å². The Kier molecular flexibility index (Phi) is 3.11. The van der Waals surface area contributed by atoms with E-state index in [-0.39, 0.29) is 0 Å².